The molecule has 0 fully saturated rings. The second-order valence-corrected chi connectivity index (χ2v) is 2.13. The molecule has 0 aliphatic rings. The van der Waals surface area contributed by atoms with E-state index in [4.69, 9.17) is 0 Å². The van der Waals surface area contributed by atoms with Gasteiger partial charge in [-0.3, -0.25) is 4.79 Å². The van der Waals surface area contributed by atoms with Crippen LogP contribution in [0.25, 0.3) is 0 Å². The minimum atomic E-state index is -0.428. The van der Waals surface area contributed by atoms with E-state index >= 15 is 0 Å². The van der Waals surface area contributed by atoms with E-state index in [0.29, 0.717) is 12.0 Å². The van der Waals surface area contributed by atoms with E-state index in [1.807, 2.05) is 0 Å². The summed E-state index contributed by atoms with van der Waals surface area (Å²) in [5, 5.41) is 0. The van der Waals surface area contributed by atoms with Crippen molar-refractivity contribution < 1.29 is 14.3 Å². The molecule has 0 spiro atoms. The largest absolute Gasteiger partial charge is 0.466 e. The van der Waals surface area contributed by atoms with E-state index < -0.39 is 5.97 Å². The first kappa shape index (κ1) is 9.88. The normalized spacial score (nSPS) is 11.0. The zero-order valence-corrected chi connectivity index (χ0v) is 7.01. The quantitative estimate of drug-likeness (QED) is 0.453. The van der Waals surface area contributed by atoms with Gasteiger partial charge in [0.2, 0.25) is 0 Å². The van der Waals surface area contributed by atoms with Gasteiger partial charge in [-0.15, -0.1) is 0 Å². The lowest BCUT2D eigenvalue weighted by Gasteiger charge is -1.99. The Balaban J connectivity index is 4.39. The number of hydrogen-bond acceptors (Lipinski definition) is 3. The van der Waals surface area contributed by atoms with Gasteiger partial charge in [-0.2, -0.15) is 0 Å². The molecular formula is C8H12O3. The average molecular weight is 156 g/mol. The Labute approximate surface area is 66.0 Å². The van der Waals surface area contributed by atoms with Gasteiger partial charge < -0.3 is 4.74 Å². The van der Waals surface area contributed by atoms with E-state index in [1.165, 1.54) is 20.1 Å². The van der Waals surface area contributed by atoms with E-state index in [0.717, 1.165) is 0 Å². The number of ether oxygens (including phenoxy) is 1. The molecule has 3 heteroatoms. The lowest BCUT2D eigenvalue weighted by Crippen LogP contribution is -2.05. The maximum atomic E-state index is 10.8. The third kappa shape index (κ3) is 3.55. The molecule has 3 nitrogen and oxygen atoms in total. The Morgan fingerprint density at radius 2 is 2.00 bits per heavy atom. The van der Waals surface area contributed by atoms with Crippen molar-refractivity contribution in [1.82, 2.24) is 0 Å². The topological polar surface area (TPSA) is 43.4 Å². The first-order valence-electron chi connectivity index (χ1n) is 3.41. The summed E-state index contributed by atoms with van der Waals surface area (Å²) in [5.41, 5.74) is 0.417. The van der Waals surface area contributed by atoms with Crippen LogP contribution >= 0.6 is 0 Å². The Bertz CT molecular complexity index is 192. The van der Waals surface area contributed by atoms with E-state index in [2.05, 4.69) is 4.74 Å². The van der Waals surface area contributed by atoms with Crippen LogP contribution in [0.2, 0.25) is 0 Å². The molecule has 0 aliphatic heterocycles. The van der Waals surface area contributed by atoms with Gasteiger partial charge in [0.25, 0.3) is 0 Å². The van der Waals surface area contributed by atoms with Crippen molar-refractivity contribution >= 4 is 11.8 Å². The molecule has 0 amide bonds. The van der Waals surface area contributed by atoms with Crippen molar-refractivity contribution in [2.75, 3.05) is 7.11 Å². The maximum Gasteiger partial charge on any atom is 0.333 e. The fourth-order valence-corrected chi connectivity index (χ4v) is 0.682. The molecule has 0 aromatic heterocycles. The molecule has 0 unspecified atom stereocenters. The first-order chi connectivity index (χ1) is 5.11. The number of esters is 1. The minimum Gasteiger partial charge on any atom is -0.466 e. The fourth-order valence-electron chi connectivity index (χ4n) is 0.682. The van der Waals surface area contributed by atoms with Gasteiger partial charge in [0.15, 0.2) is 5.78 Å². The van der Waals surface area contributed by atoms with Crippen LogP contribution < -0.4 is 0 Å². The average Bonchev–Trinajstić information content (AvgIpc) is 1.98. The molecule has 0 heterocycles. The van der Waals surface area contributed by atoms with Crippen molar-refractivity contribution in [2.24, 2.45) is 0 Å². The predicted octanol–water partition coefficient (Wildman–Crippen LogP) is 1.08. The summed E-state index contributed by atoms with van der Waals surface area (Å²) in [6, 6.07) is 0. The van der Waals surface area contributed by atoms with Gasteiger partial charge in [-0.1, -0.05) is 6.92 Å². The number of carbonyl (C=O) groups is 2. The van der Waals surface area contributed by atoms with Crippen LogP contribution in [0, 0.1) is 0 Å². The summed E-state index contributed by atoms with van der Waals surface area (Å²) in [4.78, 5) is 21.4. The third-order valence-electron chi connectivity index (χ3n) is 1.21. The van der Waals surface area contributed by atoms with Crippen molar-refractivity contribution in [2.45, 2.75) is 20.3 Å². The molecule has 0 aromatic carbocycles. The Hall–Kier alpha value is -1.12. The van der Waals surface area contributed by atoms with Crippen molar-refractivity contribution in [1.29, 1.82) is 0 Å². The van der Waals surface area contributed by atoms with Crippen LogP contribution in [0.1, 0.15) is 20.3 Å². The highest BCUT2D eigenvalue weighted by Crippen LogP contribution is 2.02. The number of rotatable bonds is 3. The SMILES string of the molecule is CC/C(=C\C(C)=O)C(=O)OC. The number of carbonyl (C=O) groups excluding carboxylic acids is 2. The summed E-state index contributed by atoms with van der Waals surface area (Å²) in [5.74, 6) is -0.560. The van der Waals surface area contributed by atoms with Crippen LogP contribution in [0.15, 0.2) is 11.6 Å². The highest BCUT2D eigenvalue weighted by atomic mass is 16.5. The van der Waals surface area contributed by atoms with E-state index in [9.17, 15) is 9.59 Å². The molecule has 0 N–H and O–H groups in total. The number of methoxy groups -OCH3 is 1. The summed E-state index contributed by atoms with van der Waals surface area (Å²) in [7, 11) is 1.30. The Kier molecular flexibility index (Phi) is 4.18. The van der Waals surface area contributed by atoms with Crippen molar-refractivity contribution in [3.8, 4) is 0 Å². The summed E-state index contributed by atoms with van der Waals surface area (Å²) in [6.07, 6.45) is 1.82. The fraction of sp³-hybridized carbons (Fsp3) is 0.500. The number of hydrogen-bond donors (Lipinski definition) is 0. The molecule has 11 heavy (non-hydrogen) atoms. The van der Waals surface area contributed by atoms with Gasteiger partial charge in [0.05, 0.1) is 7.11 Å². The molecule has 0 saturated carbocycles. The van der Waals surface area contributed by atoms with Crippen LogP contribution in [0.5, 0.6) is 0 Å². The summed E-state index contributed by atoms with van der Waals surface area (Å²) < 4.78 is 4.44. The Morgan fingerprint density at radius 1 is 1.45 bits per heavy atom. The van der Waals surface area contributed by atoms with Gasteiger partial charge in [0.1, 0.15) is 0 Å². The smallest absolute Gasteiger partial charge is 0.333 e. The van der Waals surface area contributed by atoms with E-state index in [-0.39, 0.29) is 5.78 Å². The Morgan fingerprint density at radius 3 is 2.27 bits per heavy atom. The monoisotopic (exact) mass is 156 g/mol. The predicted molar refractivity (Wildman–Crippen MR) is 41.1 cm³/mol. The van der Waals surface area contributed by atoms with Crippen LogP contribution in [-0.4, -0.2) is 18.9 Å². The molecule has 0 saturated heterocycles. The molecule has 0 bridgehead atoms. The van der Waals surface area contributed by atoms with Crippen LogP contribution in [-0.2, 0) is 14.3 Å². The van der Waals surface area contributed by atoms with Gasteiger partial charge in [-0.05, 0) is 19.4 Å². The molecule has 0 radical (unpaired) electrons. The second kappa shape index (κ2) is 4.66. The third-order valence-corrected chi connectivity index (χ3v) is 1.21. The molecule has 0 aliphatic carbocycles. The zero-order chi connectivity index (χ0) is 8.85. The van der Waals surface area contributed by atoms with Crippen LogP contribution in [0.4, 0.5) is 0 Å². The van der Waals surface area contributed by atoms with Crippen LogP contribution in [0.3, 0.4) is 0 Å². The molecule has 0 rings (SSSR count). The summed E-state index contributed by atoms with van der Waals surface area (Å²) >= 11 is 0. The second-order valence-electron chi connectivity index (χ2n) is 2.13. The maximum absolute atomic E-state index is 10.8. The zero-order valence-electron chi connectivity index (χ0n) is 7.01. The molecule has 0 aromatic rings. The lowest BCUT2D eigenvalue weighted by atomic mass is 10.2. The van der Waals surface area contributed by atoms with Crippen molar-refractivity contribution in [3.05, 3.63) is 11.6 Å². The van der Waals surface area contributed by atoms with Gasteiger partial charge in [-0.25, -0.2) is 4.79 Å². The lowest BCUT2D eigenvalue weighted by molar-refractivity contribution is -0.136. The van der Waals surface area contributed by atoms with Gasteiger partial charge in [0, 0.05) is 5.57 Å². The molecular weight excluding hydrogens is 144 g/mol. The summed E-state index contributed by atoms with van der Waals surface area (Å²) in [6.45, 7) is 3.20. The molecule has 0 atom stereocenters. The highest BCUT2D eigenvalue weighted by molar-refractivity contribution is 5.98. The number of ketones is 1. The van der Waals surface area contributed by atoms with E-state index in [1.54, 1.807) is 6.92 Å². The molecule has 62 valence electrons. The number of allylic oxidation sites excluding steroid dienone is 1. The highest BCUT2D eigenvalue weighted by Gasteiger charge is 2.06. The van der Waals surface area contributed by atoms with Crippen molar-refractivity contribution in [3.63, 3.8) is 0 Å². The van der Waals surface area contributed by atoms with Gasteiger partial charge >= 0.3 is 5.97 Å². The first-order valence-corrected chi connectivity index (χ1v) is 3.41. The minimum absolute atomic E-state index is 0.132. The standard InChI is InChI=1S/C8H12O3/c1-4-7(5-6(2)9)8(10)11-3/h5H,4H2,1-3H3/b7-5+.